The van der Waals surface area contributed by atoms with Crippen molar-refractivity contribution < 1.29 is 9.21 Å². The number of fused-ring (bicyclic) bond motifs is 1. The summed E-state index contributed by atoms with van der Waals surface area (Å²) in [7, 11) is 0. The number of allylic oxidation sites excluding steroid dienone is 1. The van der Waals surface area contributed by atoms with Crippen molar-refractivity contribution in [3.63, 3.8) is 0 Å². The van der Waals surface area contributed by atoms with Crippen molar-refractivity contribution in [1.29, 1.82) is 0 Å². The standard InChI is InChI=1S/C18H17N3O3/c1-3-10-21-15-9-8-13(11-16(15)24-18(21)23)19-17(22)20-14-7-5-4-6-12(14)2/h3-9,11H,1,10H2,2H3,(H2,19,20,22). The molecule has 2 amide bonds. The molecule has 3 rings (SSSR count). The lowest BCUT2D eigenvalue weighted by Gasteiger charge is -2.09. The molecule has 3 aromatic rings. The second kappa shape index (κ2) is 6.45. The molecule has 2 N–H and O–H groups in total. The van der Waals surface area contributed by atoms with E-state index in [1.54, 1.807) is 24.3 Å². The molecule has 0 bridgehead atoms. The highest BCUT2D eigenvalue weighted by molar-refractivity contribution is 6.01. The van der Waals surface area contributed by atoms with Crippen molar-refractivity contribution >= 4 is 28.5 Å². The predicted molar refractivity (Wildman–Crippen MR) is 94.5 cm³/mol. The molecule has 122 valence electrons. The molecule has 0 radical (unpaired) electrons. The van der Waals surface area contributed by atoms with Crippen LogP contribution < -0.4 is 16.4 Å². The summed E-state index contributed by atoms with van der Waals surface area (Å²) >= 11 is 0. The van der Waals surface area contributed by atoms with Gasteiger partial charge in [0, 0.05) is 24.0 Å². The highest BCUT2D eigenvalue weighted by Crippen LogP contribution is 2.19. The summed E-state index contributed by atoms with van der Waals surface area (Å²) in [5.74, 6) is -0.452. The number of aromatic nitrogens is 1. The fourth-order valence-corrected chi connectivity index (χ4v) is 2.44. The molecule has 6 heteroatoms. The number of amides is 2. The number of nitrogens with zero attached hydrogens (tertiary/aromatic N) is 1. The Bertz CT molecular complexity index is 969. The molecule has 0 unspecified atom stereocenters. The van der Waals surface area contributed by atoms with E-state index in [2.05, 4.69) is 17.2 Å². The molecule has 24 heavy (non-hydrogen) atoms. The van der Waals surface area contributed by atoms with Gasteiger partial charge in [-0.2, -0.15) is 0 Å². The Morgan fingerprint density at radius 3 is 2.79 bits per heavy atom. The number of aryl methyl sites for hydroxylation is 1. The minimum absolute atomic E-state index is 0.364. The number of oxazole rings is 1. The monoisotopic (exact) mass is 323 g/mol. The Hall–Kier alpha value is -3.28. The highest BCUT2D eigenvalue weighted by Gasteiger charge is 2.10. The number of carbonyl (C=O) groups is 1. The minimum atomic E-state index is -0.452. The van der Waals surface area contributed by atoms with Gasteiger partial charge < -0.3 is 15.1 Å². The van der Waals surface area contributed by atoms with E-state index in [0.717, 1.165) is 11.3 Å². The van der Waals surface area contributed by atoms with Gasteiger partial charge in [0.2, 0.25) is 0 Å². The lowest BCUT2D eigenvalue weighted by atomic mass is 10.2. The van der Waals surface area contributed by atoms with Crippen molar-refractivity contribution in [2.24, 2.45) is 0 Å². The van der Waals surface area contributed by atoms with Crippen LogP contribution in [0.1, 0.15) is 5.56 Å². The van der Waals surface area contributed by atoms with E-state index in [9.17, 15) is 9.59 Å². The van der Waals surface area contributed by atoms with E-state index in [0.29, 0.717) is 23.3 Å². The molecule has 2 aromatic carbocycles. The van der Waals surface area contributed by atoms with E-state index < -0.39 is 5.76 Å². The van der Waals surface area contributed by atoms with Crippen LogP contribution in [0, 0.1) is 6.92 Å². The quantitative estimate of drug-likeness (QED) is 0.718. The highest BCUT2D eigenvalue weighted by atomic mass is 16.4. The molecule has 0 atom stereocenters. The maximum absolute atomic E-state index is 12.1. The van der Waals surface area contributed by atoms with Crippen molar-refractivity contribution in [2.45, 2.75) is 13.5 Å². The second-order valence-corrected chi connectivity index (χ2v) is 5.34. The Labute approximate surface area is 138 Å². The van der Waals surface area contributed by atoms with Crippen LogP contribution in [-0.2, 0) is 6.54 Å². The number of para-hydroxylation sites is 1. The molecule has 6 nitrogen and oxygen atoms in total. The van der Waals surface area contributed by atoms with Crippen LogP contribution in [-0.4, -0.2) is 10.6 Å². The van der Waals surface area contributed by atoms with Gasteiger partial charge in [-0.15, -0.1) is 6.58 Å². The molecule has 0 saturated heterocycles. The molecule has 0 aliphatic heterocycles. The molecule has 0 saturated carbocycles. The molecular weight excluding hydrogens is 306 g/mol. The Kier molecular flexibility index (Phi) is 4.20. The van der Waals surface area contributed by atoms with Crippen LogP contribution in [0.15, 0.2) is 64.3 Å². The van der Waals surface area contributed by atoms with E-state index >= 15 is 0 Å². The number of hydrogen-bond donors (Lipinski definition) is 2. The lowest BCUT2D eigenvalue weighted by molar-refractivity contribution is 0.262. The summed E-state index contributed by atoms with van der Waals surface area (Å²) in [6.45, 7) is 5.90. The summed E-state index contributed by atoms with van der Waals surface area (Å²) in [6, 6.07) is 12.2. The fraction of sp³-hybridized carbons (Fsp3) is 0.111. The van der Waals surface area contributed by atoms with E-state index in [1.165, 1.54) is 4.57 Å². The fourth-order valence-electron chi connectivity index (χ4n) is 2.44. The molecular formula is C18H17N3O3. The maximum atomic E-state index is 12.1. The number of rotatable bonds is 4. The van der Waals surface area contributed by atoms with Gasteiger partial charge >= 0.3 is 11.8 Å². The zero-order chi connectivity index (χ0) is 17.1. The van der Waals surface area contributed by atoms with Crippen molar-refractivity contribution in [3.05, 3.63) is 71.2 Å². The van der Waals surface area contributed by atoms with Crippen LogP contribution in [0.5, 0.6) is 0 Å². The molecule has 1 aromatic heterocycles. The van der Waals surface area contributed by atoms with Gasteiger partial charge in [-0.3, -0.25) is 4.57 Å². The van der Waals surface area contributed by atoms with E-state index in [4.69, 9.17) is 4.42 Å². The van der Waals surface area contributed by atoms with E-state index in [1.807, 2.05) is 31.2 Å². The first kappa shape index (κ1) is 15.6. The summed E-state index contributed by atoms with van der Waals surface area (Å²) in [6.07, 6.45) is 1.62. The van der Waals surface area contributed by atoms with Crippen LogP contribution >= 0.6 is 0 Å². The Morgan fingerprint density at radius 1 is 1.25 bits per heavy atom. The largest absolute Gasteiger partial charge is 0.420 e. The number of nitrogens with one attached hydrogen (secondary N) is 2. The maximum Gasteiger partial charge on any atom is 0.420 e. The van der Waals surface area contributed by atoms with Crippen molar-refractivity contribution in [1.82, 2.24) is 4.57 Å². The van der Waals surface area contributed by atoms with Gasteiger partial charge in [0.1, 0.15) is 0 Å². The van der Waals surface area contributed by atoms with Crippen LogP contribution in [0.4, 0.5) is 16.2 Å². The average Bonchev–Trinajstić information content (AvgIpc) is 2.85. The van der Waals surface area contributed by atoms with Crippen LogP contribution in [0.3, 0.4) is 0 Å². The van der Waals surface area contributed by atoms with Gasteiger partial charge in [0.25, 0.3) is 0 Å². The topological polar surface area (TPSA) is 76.3 Å². The minimum Gasteiger partial charge on any atom is -0.408 e. The third kappa shape index (κ3) is 3.08. The predicted octanol–water partition coefficient (Wildman–Crippen LogP) is 3.73. The number of benzene rings is 2. The molecule has 0 aliphatic rings. The Balaban J connectivity index is 1.80. The van der Waals surface area contributed by atoms with E-state index in [-0.39, 0.29) is 6.03 Å². The van der Waals surface area contributed by atoms with Gasteiger partial charge in [0.05, 0.1) is 5.52 Å². The average molecular weight is 323 g/mol. The van der Waals surface area contributed by atoms with Gasteiger partial charge in [0.15, 0.2) is 5.58 Å². The third-order valence-electron chi connectivity index (χ3n) is 3.63. The van der Waals surface area contributed by atoms with Gasteiger partial charge in [-0.05, 0) is 30.7 Å². The molecule has 0 fully saturated rings. The summed E-state index contributed by atoms with van der Waals surface area (Å²) in [4.78, 5) is 23.9. The zero-order valence-corrected chi connectivity index (χ0v) is 13.2. The first-order valence-corrected chi connectivity index (χ1v) is 7.46. The molecule has 1 heterocycles. The second-order valence-electron chi connectivity index (χ2n) is 5.34. The summed E-state index contributed by atoms with van der Waals surface area (Å²) < 4.78 is 6.67. The lowest BCUT2D eigenvalue weighted by Crippen LogP contribution is -2.19. The van der Waals surface area contributed by atoms with Gasteiger partial charge in [-0.25, -0.2) is 9.59 Å². The number of anilines is 2. The number of hydrogen-bond acceptors (Lipinski definition) is 3. The Morgan fingerprint density at radius 2 is 2.04 bits per heavy atom. The summed E-state index contributed by atoms with van der Waals surface area (Å²) in [5, 5.41) is 5.51. The number of carbonyl (C=O) groups excluding carboxylic acids is 1. The SMILES string of the molecule is C=CCn1c(=O)oc2cc(NC(=O)Nc3ccccc3C)ccc21. The summed E-state index contributed by atoms with van der Waals surface area (Å²) in [5.41, 5.74) is 3.31. The number of urea groups is 1. The first-order valence-electron chi connectivity index (χ1n) is 7.46. The third-order valence-corrected chi connectivity index (χ3v) is 3.63. The van der Waals surface area contributed by atoms with Gasteiger partial charge in [-0.1, -0.05) is 24.3 Å². The molecule has 0 aliphatic carbocycles. The van der Waals surface area contributed by atoms with Crippen LogP contribution in [0.25, 0.3) is 11.1 Å². The zero-order valence-electron chi connectivity index (χ0n) is 13.2. The van der Waals surface area contributed by atoms with Crippen molar-refractivity contribution in [3.8, 4) is 0 Å². The van der Waals surface area contributed by atoms with Crippen molar-refractivity contribution in [2.75, 3.05) is 10.6 Å². The normalized spacial score (nSPS) is 10.5. The first-order chi connectivity index (χ1) is 11.6. The smallest absolute Gasteiger partial charge is 0.408 e. The molecule has 0 spiro atoms. The van der Waals surface area contributed by atoms with Crippen LogP contribution in [0.2, 0.25) is 0 Å².